The second-order valence-electron chi connectivity index (χ2n) is 5.32. The van der Waals surface area contributed by atoms with Gasteiger partial charge in [-0.3, -0.25) is 9.20 Å². The van der Waals surface area contributed by atoms with Crippen LogP contribution in [0.4, 0.5) is 8.78 Å². The maximum absolute atomic E-state index is 15.0. The lowest BCUT2D eigenvalue weighted by molar-refractivity contribution is 0.0258. The number of alkyl halides is 2. The van der Waals surface area contributed by atoms with Crippen molar-refractivity contribution in [2.45, 2.75) is 5.92 Å². The van der Waals surface area contributed by atoms with E-state index in [-0.39, 0.29) is 17.0 Å². The Morgan fingerprint density at radius 3 is 2.74 bits per heavy atom. The summed E-state index contributed by atoms with van der Waals surface area (Å²) in [5, 5.41) is 14.1. The Labute approximate surface area is 156 Å². The number of hydrogen-bond acceptors (Lipinski definition) is 5. The van der Waals surface area contributed by atoms with Crippen LogP contribution in [0, 0.1) is 0 Å². The third-order valence-electron chi connectivity index (χ3n) is 3.64. The van der Waals surface area contributed by atoms with Crippen molar-refractivity contribution in [3.05, 3.63) is 68.8 Å². The number of fused-ring (bicyclic) bond motifs is 2. The molecule has 1 amide bonds. The molecule has 0 saturated heterocycles. The van der Waals surface area contributed by atoms with Crippen LogP contribution in [0.1, 0.15) is 22.0 Å². The van der Waals surface area contributed by atoms with Crippen LogP contribution in [-0.2, 0) is 5.92 Å². The summed E-state index contributed by atoms with van der Waals surface area (Å²) in [5.74, 6) is -5.13. The molecule has 4 rings (SSSR count). The molecule has 4 heterocycles. The molecular formula is C14H6BrF2N9O. The van der Waals surface area contributed by atoms with E-state index >= 15 is 8.78 Å². The standard InChI is InChI=1S/C14H6BrF2N9O/c15-7-1-3-11-20-22-13(25(11)5-7)14(16,17)9-2-4-10-19-8(6-26(10)23-9)12(27)21-24-18/h1-6H. The average molecular weight is 434 g/mol. The maximum atomic E-state index is 15.0. The van der Waals surface area contributed by atoms with Gasteiger partial charge < -0.3 is 0 Å². The molecule has 0 saturated carbocycles. The molecule has 4 aromatic heterocycles. The Balaban J connectivity index is 1.83. The van der Waals surface area contributed by atoms with Gasteiger partial charge in [0.05, 0.1) is 6.20 Å². The summed E-state index contributed by atoms with van der Waals surface area (Å²) in [4.78, 5) is 17.8. The second-order valence-corrected chi connectivity index (χ2v) is 6.23. The van der Waals surface area contributed by atoms with Crippen molar-refractivity contribution in [2.24, 2.45) is 5.11 Å². The average Bonchev–Trinajstić information content (AvgIpc) is 3.25. The van der Waals surface area contributed by atoms with E-state index in [2.05, 4.69) is 46.2 Å². The van der Waals surface area contributed by atoms with E-state index in [1.165, 1.54) is 18.3 Å². The first kappa shape index (κ1) is 17.0. The topological polar surface area (TPSA) is 126 Å². The van der Waals surface area contributed by atoms with E-state index in [1.54, 1.807) is 6.07 Å². The molecule has 0 aromatic carbocycles. The van der Waals surface area contributed by atoms with Crippen molar-refractivity contribution < 1.29 is 13.6 Å². The maximum Gasteiger partial charge on any atom is 0.350 e. The van der Waals surface area contributed by atoms with Gasteiger partial charge in [-0.15, -0.1) is 10.2 Å². The van der Waals surface area contributed by atoms with Crippen LogP contribution < -0.4 is 0 Å². The molecule has 0 aliphatic rings. The lowest BCUT2D eigenvalue weighted by atomic mass is 10.2. The third kappa shape index (κ3) is 2.78. The van der Waals surface area contributed by atoms with Gasteiger partial charge in [-0.25, -0.2) is 9.50 Å². The van der Waals surface area contributed by atoms with Crippen LogP contribution in [0.5, 0.6) is 0 Å². The highest BCUT2D eigenvalue weighted by atomic mass is 79.9. The monoisotopic (exact) mass is 433 g/mol. The number of pyridine rings is 1. The van der Waals surface area contributed by atoms with Crippen LogP contribution >= 0.6 is 15.9 Å². The number of carbonyl (C=O) groups is 1. The van der Waals surface area contributed by atoms with E-state index in [0.29, 0.717) is 4.47 Å². The quantitative estimate of drug-likeness (QED) is 0.278. The molecule has 13 heteroatoms. The minimum absolute atomic E-state index is 0.139. The molecule has 0 unspecified atom stereocenters. The lowest BCUT2D eigenvalue weighted by Crippen LogP contribution is -2.22. The molecule has 0 radical (unpaired) electrons. The summed E-state index contributed by atoms with van der Waals surface area (Å²) in [5.41, 5.74) is 7.86. The smallest absolute Gasteiger partial charge is 0.285 e. The number of azide groups is 1. The number of nitrogens with zero attached hydrogens (tertiary/aromatic N) is 9. The Morgan fingerprint density at radius 2 is 1.96 bits per heavy atom. The first-order valence-electron chi connectivity index (χ1n) is 7.25. The first-order chi connectivity index (χ1) is 12.9. The number of amides is 1. The molecule has 27 heavy (non-hydrogen) atoms. The van der Waals surface area contributed by atoms with Gasteiger partial charge in [-0.1, -0.05) is 0 Å². The minimum atomic E-state index is -3.58. The molecule has 0 atom stereocenters. The molecule has 0 aliphatic carbocycles. The number of carbonyl (C=O) groups excluding carboxylic acids is 1. The molecule has 0 fully saturated rings. The highest BCUT2D eigenvalue weighted by Gasteiger charge is 2.41. The van der Waals surface area contributed by atoms with Gasteiger partial charge in [-0.05, 0) is 50.8 Å². The molecule has 0 aliphatic heterocycles. The molecular weight excluding hydrogens is 428 g/mol. The SMILES string of the molecule is [N-]=[N+]=NC(=O)c1cn2nc(C(F)(F)c3nnc4ccc(Br)cn34)ccc2n1. The molecule has 10 nitrogen and oxygen atoms in total. The number of rotatable bonds is 3. The molecule has 0 spiro atoms. The van der Waals surface area contributed by atoms with E-state index in [0.717, 1.165) is 21.2 Å². The van der Waals surface area contributed by atoms with Gasteiger partial charge in [-0.2, -0.15) is 13.9 Å². The van der Waals surface area contributed by atoms with Crippen molar-refractivity contribution in [3.63, 3.8) is 0 Å². The fourth-order valence-corrected chi connectivity index (χ4v) is 2.77. The summed E-state index contributed by atoms with van der Waals surface area (Å²) >= 11 is 3.22. The number of halogens is 3. The van der Waals surface area contributed by atoms with Gasteiger partial charge in [0, 0.05) is 15.6 Å². The van der Waals surface area contributed by atoms with E-state index in [4.69, 9.17) is 5.53 Å². The van der Waals surface area contributed by atoms with E-state index < -0.39 is 23.3 Å². The Bertz CT molecular complexity index is 1260. The zero-order valence-corrected chi connectivity index (χ0v) is 14.6. The largest absolute Gasteiger partial charge is 0.350 e. The first-order valence-corrected chi connectivity index (χ1v) is 8.04. The summed E-state index contributed by atoms with van der Waals surface area (Å²) < 4.78 is 32.8. The van der Waals surface area contributed by atoms with Crippen LogP contribution in [0.2, 0.25) is 0 Å². The number of hydrogen-bond donors (Lipinski definition) is 0. The Kier molecular flexibility index (Phi) is 3.82. The zero-order chi connectivity index (χ0) is 19.2. The lowest BCUT2D eigenvalue weighted by Gasteiger charge is -2.13. The minimum Gasteiger partial charge on any atom is -0.285 e. The summed E-state index contributed by atoms with van der Waals surface area (Å²) in [6.45, 7) is 0. The van der Waals surface area contributed by atoms with Crippen molar-refractivity contribution in [1.82, 2.24) is 29.2 Å². The van der Waals surface area contributed by atoms with Crippen LogP contribution in [-0.4, -0.2) is 35.1 Å². The van der Waals surface area contributed by atoms with E-state index in [9.17, 15) is 4.79 Å². The van der Waals surface area contributed by atoms with Crippen LogP contribution in [0.15, 0.2) is 46.2 Å². The van der Waals surface area contributed by atoms with Gasteiger partial charge in [0.1, 0.15) is 11.4 Å². The van der Waals surface area contributed by atoms with Gasteiger partial charge in [0.25, 0.3) is 5.91 Å². The van der Waals surface area contributed by atoms with Crippen molar-refractivity contribution >= 4 is 33.1 Å². The zero-order valence-electron chi connectivity index (χ0n) is 13.0. The second kappa shape index (κ2) is 6.07. The summed E-state index contributed by atoms with van der Waals surface area (Å²) in [6, 6.07) is 5.53. The highest BCUT2D eigenvalue weighted by Crippen LogP contribution is 2.33. The normalized spacial score (nSPS) is 11.7. The van der Waals surface area contributed by atoms with Crippen LogP contribution in [0.25, 0.3) is 21.7 Å². The number of imidazole rings is 1. The molecule has 0 N–H and O–H groups in total. The van der Waals surface area contributed by atoms with Gasteiger partial charge in [0.2, 0.25) is 5.82 Å². The predicted octanol–water partition coefficient (Wildman–Crippen LogP) is 3.13. The predicted molar refractivity (Wildman–Crippen MR) is 90.1 cm³/mol. The fraction of sp³-hybridized carbons (Fsp3) is 0.0714. The third-order valence-corrected chi connectivity index (χ3v) is 4.11. The van der Waals surface area contributed by atoms with Gasteiger partial charge in [0.15, 0.2) is 11.3 Å². The highest BCUT2D eigenvalue weighted by molar-refractivity contribution is 9.10. The molecule has 134 valence electrons. The van der Waals surface area contributed by atoms with Crippen molar-refractivity contribution in [2.75, 3.05) is 0 Å². The number of aromatic nitrogens is 6. The summed E-state index contributed by atoms with van der Waals surface area (Å²) in [6.07, 6.45) is 2.52. The van der Waals surface area contributed by atoms with E-state index in [1.807, 2.05) is 0 Å². The Hall–Kier alpha value is -3.44. The van der Waals surface area contributed by atoms with Crippen molar-refractivity contribution in [1.29, 1.82) is 0 Å². The summed E-state index contributed by atoms with van der Waals surface area (Å²) in [7, 11) is 0. The van der Waals surface area contributed by atoms with Crippen molar-refractivity contribution in [3.8, 4) is 0 Å². The fourth-order valence-electron chi connectivity index (χ4n) is 2.44. The Morgan fingerprint density at radius 1 is 1.19 bits per heavy atom. The van der Waals surface area contributed by atoms with Gasteiger partial charge >= 0.3 is 5.92 Å². The molecule has 4 aromatic rings. The molecule has 0 bridgehead atoms. The van der Waals surface area contributed by atoms with Crippen LogP contribution in [0.3, 0.4) is 0 Å².